The zero-order valence-electron chi connectivity index (χ0n) is 10.6. The van der Waals surface area contributed by atoms with Gasteiger partial charge >= 0.3 is 5.97 Å². The smallest absolute Gasteiger partial charge is 0.305 e. The fourth-order valence-corrected chi connectivity index (χ4v) is 1.68. The maximum Gasteiger partial charge on any atom is 0.305 e. The van der Waals surface area contributed by atoms with Crippen LogP contribution in [0.2, 0.25) is 0 Å². The minimum absolute atomic E-state index is 0.184. The second-order valence-corrected chi connectivity index (χ2v) is 4.20. The quantitative estimate of drug-likeness (QED) is 0.644. The fraction of sp³-hybridized carbons (Fsp3) is 0.286. The number of aliphatic carboxylic acids is 1. The highest BCUT2D eigenvalue weighted by Gasteiger charge is 2.20. The molecule has 0 heterocycles. The number of amides is 1. The first kappa shape index (κ1) is 14.9. The van der Waals surface area contributed by atoms with Gasteiger partial charge in [-0.3, -0.25) is 9.59 Å². The maximum atomic E-state index is 11.8. The van der Waals surface area contributed by atoms with Crippen molar-refractivity contribution in [1.29, 1.82) is 0 Å². The van der Waals surface area contributed by atoms with Crippen LogP contribution in [0.1, 0.15) is 24.4 Å². The second kappa shape index (κ2) is 7.33. The van der Waals surface area contributed by atoms with Gasteiger partial charge in [-0.25, -0.2) is 0 Å². The van der Waals surface area contributed by atoms with Gasteiger partial charge in [0.05, 0.1) is 18.5 Å². The molecule has 1 amide bonds. The van der Waals surface area contributed by atoms with Gasteiger partial charge in [-0.15, -0.1) is 6.58 Å². The Hall–Kier alpha value is -2.14. The first-order valence-electron chi connectivity index (χ1n) is 5.98. The normalized spacial score (nSPS) is 13.3. The molecule has 5 nitrogen and oxygen atoms in total. The third kappa shape index (κ3) is 4.93. The van der Waals surface area contributed by atoms with E-state index in [1.807, 2.05) is 6.07 Å². The number of benzene rings is 1. The zero-order chi connectivity index (χ0) is 14.3. The minimum atomic E-state index is -0.980. The molecule has 0 spiro atoms. The van der Waals surface area contributed by atoms with E-state index >= 15 is 0 Å². The van der Waals surface area contributed by atoms with Crippen LogP contribution in [0, 0.1) is 0 Å². The number of hydrogen-bond donors (Lipinski definition) is 3. The van der Waals surface area contributed by atoms with Gasteiger partial charge in [0.2, 0.25) is 5.91 Å². The number of carbonyl (C=O) groups is 2. The highest BCUT2D eigenvalue weighted by Crippen LogP contribution is 2.16. The number of carboxylic acids is 1. The van der Waals surface area contributed by atoms with E-state index in [1.54, 1.807) is 30.3 Å². The Morgan fingerprint density at radius 2 is 2.00 bits per heavy atom. The molecule has 2 atom stereocenters. The van der Waals surface area contributed by atoms with Crippen molar-refractivity contribution in [2.24, 2.45) is 5.73 Å². The first-order valence-corrected chi connectivity index (χ1v) is 5.98. The van der Waals surface area contributed by atoms with Crippen molar-refractivity contribution in [2.45, 2.75) is 24.9 Å². The average molecular weight is 262 g/mol. The van der Waals surface area contributed by atoms with Gasteiger partial charge in [-0.2, -0.15) is 0 Å². The molecular weight excluding hydrogens is 244 g/mol. The van der Waals surface area contributed by atoms with E-state index in [2.05, 4.69) is 11.9 Å². The van der Waals surface area contributed by atoms with Crippen molar-refractivity contribution in [3.05, 3.63) is 48.6 Å². The Bertz CT molecular complexity index is 445. The summed E-state index contributed by atoms with van der Waals surface area (Å²) in [7, 11) is 0. The van der Waals surface area contributed by atoms with Crippen LogP contribution < -0.4 is 11.1 Å². The van der Waals surface area contributed by atoms with Crippen molar-refractivity contribution in [2.75, 3.05) is 0 Å². The molecule has 0 aliphatic heterocycles. The molecule has 102 valence electrons. The standard InChI is InChI=1S/C14H18N2O3/c1-2-6-11(15)14(19)16-12(9-13(17)18)10-7-4-3-5-8-10/h2-5,7-8,11-12H,1,6,9,15H2,(H,16,19)(H,17,18). The van der Waals surface area contributed by atoms with Crippen LogP contribution in [-0.4, -0.2) is 23.0 Å². The maximum absolute atomic E-state index is 11.8. The van der Waals surface area contributed by atoms with Crippen LogP contribution in [0.15, 0.2) is 43.0 Å². The van der Waals surface area contributed by atoms with E-state index in [0.29, 0.717) is 6.42 Å². The minimum Gasteiger partial charge on any atom is -0.481 e. The molecule has 0 radical (unpaired) electrons. The number of nitrogens with two attached hydrogens (primary N) is 1. The molecule has 19 heavy (non-hydrogen) atoms. The molecule has 0 aliphatic rings. The molecule has 1 aromatic carbocycles. The summed E-state index contributed by atoms with van der Waals surface area (Å²) in [6, 6.07) is 7.66. The van der Waals surface area contributed by atoms with Crippen LogP contribution in [0.25, 0.3) is 0 Å². The summed E-state index contributed by atoms with van der Waals surface area (Å²) in [5.74, 6) is -1.36. The molecule has 4 N–H and O–H groups in total. The number of carbonyl (C=O) groups excluding carboxylic acids is 1. The predicted molar refractivity (Wildman–Crippen MR) is 72.4 cm³/mol. The Morgan fingerprint density at radius 3 is 2.53 bits per heavy atom. The van der Waals surface area contributed by atoms with E-state index in [1.165, 1.54) is 0 Å². The summed E-state index contributed by atoms with van der Waals surface area (Å²) < 4.78 is 0. The van der Waals surface area contributed by atoms with Crippen molar-refractivity contribution in [3.8, 4) is 0 Å². The summed E-state index contributed by atoms with van der Waals surface area (Å²) in [5, 5.41) is 11.6. The van der Waals surface area contributed by atoms with Crippen molar-refractivity contribution < 1.29 is 14.7 Å². The second-order valence-electron chi connectivity index (χ2n) is 4.20. The number of hydrogen-bond acceptors (Lipinski definition) is 3. The lowest BCUT2D eigenvalue weighted by Gasteiger charge is -2.19. The highest BCUT2D eigenvalue weighted by atomic mass is 16.4. The van der Waals surface area contributed by atoms with Crippen LogP contribution >= 0.6 is 0 Å². The van der Waals surface area contributed by atoms with Crippen LogP contribution in [0.4, 0.5) is 0 Å². The van der Waals surface area contributed by atoms with Gasteiger partial charge in [0, 0.05) is 0 Å². The number of nitrogens with one attached hydrogen (secondary N) is 1. The molecule has 0 aliphatic carbocycles. The molecule has 1 rings (SSSR count). The monoisotopic (exact) mass is 262 g/mol. The third-order valence-electron chi connectivity index (χ3n) is 2.65. The molecule has 0 aromatic heterocycles. The van der Waals surface area contributed by atoms with Gasteiger partial charge in [-0.1, -0.05) is 36.4 Å². The molecule has 0 fully saturated rings. The summed E-state index contributed by atoms with van der Waals surface area (Å²) >= 11 is 0. The number of carboxylic acid groups (broad SMARTS) is 1. The average Bonchev–Trinajstić information content (AvgIpc) is 2.38. The van der Waals surface area contributed by atoms with Crippen molar-refractivity contribution in [3.63, 3.8) is 0 Å². The summed E-state index contributed by atoms with van der Waals surface area (Å²) in [4.78, 5) is 22.7. The molecule has 5 heteroatoms. The van der Waals surface area contributed by atoms with Gasteiger partial charge in [0.25, 0.3) is 0 Å². The predicted octanol–water partition coefficient (Wildman–Crippen LogP) is 1.22. The third-order valence-corrected chi connectivity index (χ3v) is 2.65. The SMILES string of the molecule is C=CCC(N)C(=O)NC(CC(=O)O)c1ccccc1. The Balaban J connectivity index is 2.78. The van der Waals surface area contributed by atoms with Crippen LogP contribution in [0.3, 0.4) is 0 Å². The summed E-state index contributed by atoms with van der Waals surface area (Å²) in [6.45, 7) is 3.51. The van der Waals surface area contributed by atoms with Crippen molar-refractivity contribution in [1.82, 2.24) is 5.32 Å². The van der Waals surface area contributed by atoms with Gasteiger partial charge in [0.1, 0.15) is 0 Å². The van der Waals surface area contributed by atoms with Gasteiger partial charge < -0.3 is 16.2 Å². The summed E-state index contributed by atoms with van der Waals surface area (Å²) in [6.07, 6.45) is 1.72. The molecule has 2 unspecified atom stereocenters. The molecule has 0 saturated carbocycles. The van der Waals surface area contributed by atoms with Gasteiger partial charge in [0.15, 0.2) is 0 Å². The first-order chi connectivity index (χ1) is 9.04. The number of rotatable bonds is 7. The molecule has 0 saturated heterocycles. The van der Waals surface area contributed by atoms with E-state index in [-0.39, 0.29) is 12.3 Å². The Kier molecular flexibility index (Phi) is 5.75. The van der Waals surface area contributed by atoms with Gasteiger partial charge in [-0.05, 0) is 12.0 Å². The Morgan fingerprint density at radius 1 is 1.37 bits per heavy atom. The van der Waals surface area contributed by atoms with E-state index < -0.39 is 18.1 Å². The lowest BCUT2D eigenvalue weighted by atomic mass is 10.0. The van der Waals surface area contributed by atoms with Crippen molar-refractivity contribution >= 4 is 11.9 Å². The van der Waals surface area contributed by atoms with E-state index in [0.717, 1.165) is 5.56 Å². The molecule has 1 aromatic rings. The lowest BCUT2D eigenvalue weighted by molar-refractivity contribution is -0.137. The molecule has 0 bridgehead atoms. The van der Waals surface area contributed by atoms with Crippen LogP contribution in [-0.2, 0) is 9.59 Å². The van der Waals surface area contributed by atoms with E-state index in [9.17, 15) is 9.59 Å². The highest BCUT2D eigenvalue weighted by molar-refractivity contribution is 5.82. The summed E-state index contributed by atoms with van der Waals surface area (Å²) in [5.41, 5.74) is 6.39. The fourth-order valence-electron chi connectivity index (χ4n) is 1.68. The topological polar surface area (TPSA) is 92.4 Å². The zero-order valence-corrected chi connectivity index (χ0v) is 10.6. The molecular formula is C14H18N2O3. The van der Waals surface area contributed by atoms with Crippen LogP contribution in [0.5, 0.6) is 0 Å². The lowest BCUT2D eigenvalue weighted by Crippen LogP contribution is -2.42. The van der Waals surface area contributed by atoms with E-state index in [4.69, 9.17) is 10.8 Å². The Labute approximate surface area is 112 Å². The largest absolute Gasteiger partial charge is 0.481 e.